The molecule has 0 saturated carbocycles. The normalized spacial score (nSPS) is 18.6. The van der Waals surface area contributed by atoms with E-state index in [0.29, 0.717) is 6.42 Å². The van der Waals surface area contributed by atoms with Crippen LogP contribution in [0.15, 0.2) is 89.1 Å². The third-order valence-corrected chi connectivity index (χ3v) is 5.66. The molecule has 0 aliphatic heterocycles. The van der Waals surface area contributed by atoms with Crippen molar-refractivity contribution in [1.29, 1.82) is 0 Å². The lowest BCUT2D eigenvalue weighted by atomic mass is 9.69. The number of hydrogen-bond acceptors (Lipinski definition) is 3. The minimum absolute atomic E-state index is 0.0336. The van der Waals surface area contributed by atoms with Gasteiger partial charge in [-0.25, -0.2) is 0 Å². The number of carboxylic acid groups (broad SMARTS) is 1. The molecule has 0 spiro atoms. The van der Waals surface area contributed by atoms with E-state index in [2.05, 4.69) is 25.2 Å². The van der Waals surface area contributed by atoms with Gasteiger partial charge in [0.1, 0.15) is 0 Å². The van der Waals surface area contributed by atoms with E-state index in [0.717, 1.165) is 34.4 Å². The Bertz CT molecular complexity index is 979. The van der Waals surface area contributed by atoms with Crippen molar-refractivity contribution in [2.45, 2.75) is 54.4 Å². The van der Waals surface area contributed by atoms with Gasteiger partial charge in [-0.3, -0.25) is 9.59 Å². The molecule has 0 saturated heterocycles. The van der Waals surface area contributed by atoms with E-state index in [1.807, 2.05) is 75.4 Å². The lowest BCUT2D eigenvalue weighted by Gasteiger charge is -2.35. The molecule has 0 radical (unpaired) electrons. The van der Waals surface area contributed by atoms with Gasteiger partial charge in [0.05, 0.1) is 5.92 Å². The van der Waals surface area contributed by atoms with Gasteiger partial charge in [0.25, 0.3) is 0 Å². The minimum atomic E-state index is -0.743. The van der Waals surface area contributed by atoms with Crippen LogP contribution >= 0.6 is 0 Å². The Labute approximate surface area is 204 Å². The van der Waals surface area contributed by atoms with E-state index in [9.17, 15) is 14.7 Å². The van der Waals surface area contributed by atoms with Crippen LogP contribution in [0.1, 0.15) is 54.4 Å². The first-order chi connectivity index (χ1) is 16.0. The summed E-state index contributed by atoms with van der Waals surface area (Å²) in [6, 6.07) is 9.35. The highest BCUT2D eigenvalue weighted by molar-refractivity contribution is 5.99. The van der Waals surface area contributed by atoms with Crippen LogP contribution in [0.4, 0.5) is 5.69 Å². The predicted octanol–water partition coefficient (Wildman–Crippen LogP) is 6.47. The number of para-hydroxylation sites is 1. The van der Waals surface area contributed by atoms with E-state index in [1.165, 1.54) is 0 Å². The Hall–Kier alpha value is -3.18. The van der Waals surface area contributed by atoms with Crippen LogP contribution in [-0.2, 0) is 9.59 Å². The molecule has 3 N–H and O–H groups in total. The van der Waals surface area contributed by atoms with Crippen molar-refractivity contribution in [3.05, 3.63) is 89.1 Å². The number of carbonyl (C=O) groups is 2. The molecule has 5 nitrogen and oxygen atoms in total. The molecule has 0 bridgehead atoms. The van der Waals surface area contributed by atoms with Gasteiger partial charge < -0.3 is 15.5 Å². The molecule has 0 heterocycles. The molecule has 1 unspecified atom stereocenters. The summed E-state index contributed by atoms with van der Waals surface area (Å²) in [5, 5.41) is 19.9. The monoisotopic (exact) mass is 465 g/mol. The summed E-state index contributed by atoms with van der Waals surface area (Å²) in [5.74, 6) is -1.30. The van der Waals surface area contributed by atoms with Crippen LogP contribution in [0.3, 0.4) is 0 Å². The second kappa shape index (κ2) is 14.2. The largest absolute Gasteiger partial charge is 0.481 e. The van der Waals surface area contributed by atoms with Crippen LogP contribution in [0.2, 0.25) is 0 Å². The molecule has 1 aromatic carbocycles. The smallest absolute Gasteiger partial charge is 0.310 e. The Balaban J connectivity index is 0.00000182. The average molecular weight is 466 g/mol. The van der Waals surface area contributed by atoms with Gasteiger partial charge in [0.2, 0.25) is 5.91 Å². The first kappa shape index (κ1) is 28.9. The maximum Gasteiger partial charge on any atom is 0.310 e. The van der Waals surface area contributed by atoms with E-state index >= 15 is 0 Å². The maximum absolute atomic E-state index is 12.1. The van der Waals surface area contributed by atoms with Gasteiger partial charge >= 0.3 is 5.97 Å². The number of anilines is 1. The second-order valence-corrected chi connectivity index (χ2v) is 9.07. The summed E-state index contributed by atoms with van der Waals surface area (Å²) >= 11 is 0. The third-order valence-electron chi connectivity index (χ3n) is 5.66. The Morgan fingerprint density at radius 1 is 1.12 bits per heavy atom. The molecule has 0 aromatic heterocycles. The second-order valence-electron chi connectivity index (χ2n) is 9.07. The van der Waals surface area contributed by atoms with Crippen LogP contribution in [-0.4, -0.2) is 28.7 Å². The van der Waals surface area contributed by atoms with Crippen LogP contribution in [0.25, 0.3) is 0 Å². The highest BCUT2D eigenvalue weighted by Crippen LogP contribution is 2.43. The number of carboxylic acids is 1. The number of rotatable bonds is 7. The maximum atomic E-state index is 12.1. The SMILES string of the molecule is CC(C=CC1=C(C)C(C(=O)O)CCC1(C)C)=CC=CC(C)=CC(=O)Nc1ccccc1.CCO. The van der Waals surface area contributed by atoms with Gasteiger partial charge in [-0.05, 0) is 69.2 Å². The van der Waals surface area contributed by atoms with Crippen molar-refractivity contribution in [1.82, 2.24) is 0 Å². The highest BCUT2D eigenvalue weighted by Gasteiger charge is 2.34. The molecular formula is C29H39NO4. The number of aliphatic hydroxyl groups excluding tert-OH is 1. The van der Waals surface area contributed by atoms with E-state index in [1.54, 1.807) is 13.0 Å². The summed E-state index contributed by atoms with van der Waals surface area (Å²) in [5.41, 5.74) is 4.68. The Kier molecular flexibility index (Phi) is 12.0. The molecule has 1 amide bonds. The molecule has 0 fully saturated rings. The zero-order valence-electron chi connectivity index (χ0n) is 21.3. The van der Waals surface area contributed by atoms with Crippen LogP contribution < -0.4 is 5.32 Å². The number of hydrogen-bond donors (Lipinski definition) is 3. The standard InChI is InChI=1S/C27H33NO3.C2H6O/c1-19(14-15-24-21(3)23(26(30)31)16-17-27(24,4)5)10-9-11-20(2)18-25(29)28-22-12-7-6-8-13-22;1-2-3/h6-15,18,23H,16-17H2,1-5H3,(H,28,29)(H,30,31);3H,2H2,1H3. The lowest BCUT2D eigenvalue weighted by molar-refractivity contribution is -0.141. The van der Waals surface area contributed by atoms with Crippen molar-refractivity contribution >= 4 is 17.6 Å². The lowest BCUT2D eigenvalue weighted by Crippen LogP contribution is -2.28. The zero-order valence-corrected chi connectivity index (χ0v) is 21.3. The number of allylic oxidation sites excluding steroid dienone is 8. The van der Waals surface area contributed by atoms with Crippen molar-refractivity contribution in [2.75, 3.05) is 11.9 Å². The molecule has 1 atom stereocenters. The molecular weight excluding hydrogens is 426 g/mol. The van der Waals surface area contributed by atoms with E-state index in [-0.39, 0.29) is 17.9 Å². The molecule has 1 aliphatic rings. The van der Waals surface area contributed by atoms with E-state index in [4.69, 9.17) is 5.11 Å². The molecule has 5 heteroatoms. The number of aliphatic hydroxyl groups is 1. The fraction of sp³-hybridized carbons (Fsp3) is 0.379. The first-order valence-electron chi connectivity index (χ1n) is 11.6. The number of carbonyl (C=O) groups excluding carboxylic acids is 1. The molecule has 1 aliphatic carbocycles. The fourth-order valence-electron chi connectivity index (χ4n) is 3.82. The van der Waals surface area contributed by atoms with Crippen molar-refractivity contribution in [3.63, 3.8) is 0 Å². The number of nitrogens with one attached hydrogen (secondary N) is 1. The Morgan fingerprint density at radius 3 is 2.32 bits per heavy atom. The van der Waals surface area contributed by atoms with Crippen molar-refractivity contribution in [3.8, 4) is 0 Å². The van der Waals surface area contributed by atoms with Crippen LogP contribution in [0.5, 0.6) is 0 Å². The zero-order chi connectivity index (χ0) is 25.7. The van der Waals surface area contributed by atoms with Gasteiger partial charge in [-0.15, -0.1) is 0 Å². The first-order valence-corrected chi connectivity index (χ1v) is 11.6. The summed E-state index contributed by atoms with van der Waals surface area (Å²) in [6.07, 6.45) is 13.0. The van der Waals surface area contributed by atoms with Crippen LogP contribution in [0, 0.1) is 11.3 Å². The number of aliphatic carboxylic acids is 1. The van der Waals surface area contributed by atoms with Gasteiger partial charge in [-0.2, -0.15) is 0 Å². The van der Waals surface area contributed by atoms with E-state index < -0.39 is 11.9 Å². The van der Waals surface area contributed by atoms with Gasteiger partial charge in [0.15, 0.2) is 0 Å². The average Bonchev–Trinajstić information content (AvgIpc) is 2.74. The topological polar surface area (TPSA) is 86.6 Å². The number of benzene rings is 1. The quantitative estimate of drug-likeness (QED) is 0.318. The molecule has 2 rings (SSSR count). The molecule has 34 heavy (non-hydrogen) atoms. The summed E-state index contributed by atoms with van der Waals surface area (Å²) < 4.78 is 0. The Morgan fingerprint density at radius 2 is 1.74 bits per heavy atom. The van der Waals surface area contributed by atoms with Crippen molar-refractivity contribution in [2.24, 2.45) is 11.3 Å². The molecule has 1 aromatic rings. The fourth-order valence-corrected chi connectivity index (χ4v) is 3.82. The third kappa shape index (κ3) is 9.75. The summed E-state index contributed by atoms with van der Waals surface area (Å²) in [4.78, 5) is 23.6. The van der Waals surface area contributed by atoms with Gasteiger partial charge in [-0.1, -0.05) is 73.6 Å². The highest BCUT2D eigenvalue weighted by atomic mass is 16.4. The molecule has 184 valence electrons. The predicted molar refractivity (Wildman–Crippen MR) is 140 cm³/mol. The van der Waals surface area contributed by atoms with Crippen molar-refractivity contribution < 1.29 is 19.8 Å². The summed E-state index contributed by atoms with van der Waals surface area (Å²) in [6.45, 7) is 12.1. The minimum Gasteiger partial charge on any atom is -0.481 e. The number of amides is 1. The van der Waals surface area contributed by atoms with Gasteiger partial charge in [0, 0.05) is 18.4 Å². The summed E-state index contributed by atoms with van der Waals surface area (Å²) in [7, 11) is 0.